The Morgan fingerprint density at radius 2 is 2.07 bits per heavy atom. The molecule has 29 heavy (non-hydrogen) atoms. The van der Waals surface area contributed by atoms with Gasteiger partial charge >= 0.3 is 5.97 Å². The van der Waals surface area contributed by atoms with Crippen molar-refractivity contribution in [3.05, 3.63) is 34.6 Å². The van der Waals surface area contributed by atoms with E-state index in [9.17, 15) is 9.90 Å². The van der Waals surface area contributed by atoms with Crippen molar-refractivity contribution >= 4 is 34.9 Å². The van der Waals surface area contributed by atoms with Crippen molar-refractivity contribution < 1.29 is 24.3 Å². The molecule has 0 aliphatic carbocycles. The second kappa shape index (κ2) is 9.70. The molecule has 1 aliphatic heterocycles. The first kappa shape index (κ1) is 21.8. The molecule has 0 amide bonds. The van der Waals surface area contributed by atoms with Crippen LogP contribution in [0.15, 0.2) is 24.4 Å². The number of hydroxylamine groups is 3. The summed E-state index contributed by atoms with van der Waals surface area (Å²) in [6.07, 6.45) is 1.82. The first-order valence-electron chi connectivity index (χ1n) is 8.87. The summed E-state index contributed by atoms with van der Waals surface area (Å²) in [5.74, 6) is -1.02. The van der Waals surface area contributed by atoms with E-state index in [1.54, 1.807) is 24.4 Å². The highest BCUT2D eigenvalue weighted by molar-refractivity contribution is 6.31. The van der Waals surface area contributed by atoms with Crippen molar-refractivity contribution in [3.63, 3.8) is 0 Å². The molecule has 0 spiro atoms. The number of aromatic nitrogens is 3. The van der Waals surface area contributed by atoms with Crippen molar-refractivity contribution in [3.8, 4) is 5.69 Å². The van der Waals surface area contributed by atoms with Gasteiger partial charge in [0.25, 0.3) is 0 Å². The molecule has 1 saturated heterocycles. The topological polar surface area (TPSA) is 102 Å². The summed E-state index contributed by atoms with van der Waals surface area (Å²) in [5, 5.41) is 20.7. The molecule has 12 heteroatoms. The molecule has 3 rings (SSSR count). The number of aliphatic carboxylic acids is 1. The molecule has 10 nitrogen and oxygen atoms in total. The summed E-state index contributed by atoms with van der Waals surface area (Å²) < 4.78 is 6.92. The lowest BCUT2D eigenvalue weighted by Crippen LogP contribution is -2.50. The average molecular weight is 446 g/mol. The van der Waals surface area contributed by atoms with Crippen LogP contribution in [-0.4, -0.2) is 63.3 Å². The Bertz CT molecular complexity index is 841. The number of halogens is 2. The summed E-state index contributed by atoms with van der Waals surface area (Å²) >= 11 is 12.0. The van der Waals surface area contributed by atoms with Crippen LogP contribution < -0.4 is 5.06 Å². The van der Waals surface area contributed by atoms with E-state index < -0.39 is 12.0 Å². The minimum Gasteiger partial charge on any atom is -0.480 e. The van der Waals surface area contributed by atoms with Crippen LogP contribution in [0.5, 0.6) is 0 Å². The Morgan fingerprint density at radius 3 is 2.66 bits per heavy atom. The summed E-state index contributed by atoms with van der Waals surface area (Å²) in [7, 11) is 0. The molecular formula is C17H21Cl2N5O5. The third kappa shape index (κ3) is 5.56. The van der Waals surface area contributed by atoms with Gasteiger partial charge in [0, 0.05) is 11.6 Å². The third-order valence-electron chi connectivity index (χ3n) is 4.08. The van der Waals surface area contributed by atoms with Gasteiger partial charge in [0.2, 0.25) is 0 Å². The van der Waals surface area contributed by atoms with Crippen molar-refractivity contribution in [2.45, 2.75) is 32.4 Å². The van der Waals surface area contributed by atoms with Gasteiger partial charge in [-0.1, -0.05) is 28.4 Å². The maximum absolute atomic E-state index is 11.6. The smallest absolute Gasteiger partial charge is 0.323 e. The van der Waals surface area contributed by atoms with E-state index in [1.807, 2.05) is 13.8 Å². The number of benzene rings is 1. The predicted molar refractivity (Wildman–Crippen MR) is 105 cm³/mol. The second-order valence-electron chi connectivity index (χ2n) is 6.49. The molecule has 0 saturated carbocycles. The van der Waals surface area contributed by atoms with E-state index in [4.69, 9.17) is 37.6 Å². The Kier molecular flexibility index (Phi) is 7.28. The largest absolute Gasteiger partial charge is 0.480 e. The average Bonchev–Trinajstić information content (AvgIpc) is 3.11. The molecule has 1 N–H and O–H groups in total. The van der Waals surface area contributed by atoms with Gasteiger partial charge in [-0.3, -0.25) is 14.5 Å². The van der Waals surface area contributed by atoms with Crippen LogP contribution in [0.4, 0.5) is 5.69 Å². The normalized spacial score (nSPS) is 16.4. The van der Waals surface area contributed by atoms with E-state index in [1.165, 1.54) is 14.8 Å². The zero-order valence-electron chi connectivity index (χ0n) is 15.9. The van der Waals surface area contributed by atoms with E-state index in [0.29, 0.717) is 23.0 Å². The minimum atomic E-state index is -1.02. The Labute approximate surface area is 177 Å². The number of anilines is 1. The van der Waals surface area contributed by atoms with E-state index in [2.05, 4.69) is 10.3 Å². The molecule has 1 aromatic heterocycles. The molecule has 0 radical (unpaired) electrons. The number of carboxylic acid groups (broad SMARTS) is 1. The molecule has 1 atom stereocenters. The molecule has 1 aromatic carbocycles. The summed E-state index contributed by atoms with van der Waals surface area (Å²) in [6, 6.07) is 4.21. The first-order valence-corrected chi connectivity index (χ1v) is 9.63. The highest BCUT2D eigenvalue weighted by Crippen LogP contribution is 2.30. The monoisotopic (exact) mass is 445 g/mol. The second-order valence-corrected chi connectivity index (χ2v) is 7.32. The predicted octanol–water partition coefficient (Wildman–Crippen LogP) is 2.74. The van der Waals surface area contributed by atoms with Gasteiger partial charge in [0.05, 0.1) is 23.7 Å². The molecule has 158 valence electrons. The van der Waals surface area contributed by atoms with Crippen molar-refractivity contribution in [2.24, 2.45) is 0 Å². The van der Waals surface area contributed by atoms with E-state index in [0.717, 1.165) is 0 Å². The standard InChI is InChI=1S/C17H21Cl2N5O5/c1-11(2)27-6-5-14(17(25)26)23-9-29-24(10-28-23)15-7-12(18)3-4-13(15)22-8-16(19)20-21-22/h3-4,7-8,11,14H,5-6,9-10H2,1-2H3,(H,25,26). The zero-order chi connectivity index (χ0) is 21.0. The number of rotatable bonds is 8. The number of hydrogen-bond donors (Lipinski definition) is 1. The van der Waals surface area contributed by atoms with Gasteiger partial charge in [-0.25, -0.2) is 9.75 Å². The van der Waals surface area contributed by atoms with Crippen molar-refractivity contribution in [2.75, 3.05) is 25.1 Å². The number of hydrogen-bond acceptors (Lipinski definition) is 8. The van der Waals surface area contributed by atoms with Gasteiger partial charge in [-0.2, -0.15) is 0 Å². The first-order chi connectivity index (χ1) is 13.8. The highest BCUT2D eigenvalue weighted by atomic mass is 35.5. The van der Waals surface area contributed by atoms with Crippen LogP contribution in [-0.2, 0) is 19.2 Å². The van der Waals surface area contributed by atoms with Gasteiger partial charge in [0.1, 0.15) is 6.04 Å². The lowest BCUT2D eigenvalue weighted by atomic mass is 10.2. The molecule has 1 aliphatic rings. The summed E-state index contributed by atoms with van der Waals surface area (Å²) in [6.45, 7) is 3.93. The SMILES string of the molecule is CC(C)OCCC(C(=O)O)N1CON(c2cc(Cl)ccc2-n2cc(Cl)nn2)CO1. The minimum absolute atomic E-state index is 0.0185. The third-order valence-corrected chi connectivity index (χ3v) is 4.48. The molecule has 0 bridgehead atoms. The van der Waals surface area contributed by atoms with Crippen LogP contribution in [0.2, 0.25) is 10.2 Å². The Hall–Kier alpha value is -1.95. The van der Waals surface area contributed by atoms with Crippen LogP contribution in [0.25, 0.3) is 5.69 Å². The van der Waals surface area contributed by atoms with Crippen molar-refractivity contribution in [1.29, 1.82) is 0 Å². The molecule has 1 unspecified atom stereocenters. The Morgan fingerprint density at radius 1 is 1.28 bits per heavy atom. The molecule has 2 aromatic rings. The number of carbonyl (C=O) groups is 1. The maximum Gasteiger partial charge on any atom is 0.323 e. The maximum atomic E-state index is 11.6. The zero-order valence-corrected chi connectivity index (χ0v) is 17.4. The Balaban J connectivity index is 1.70. The van der Waals surface area contributed by atoms with Gasteiger partial charge in [-0.05, 0) is 38.5 Å². The molecule has 1 fully saturated rings. The number of ether oxygens (including phenoxy) is 1. The number of carboxylic acids is 1. The van der Waals surface area contributed by atoms with Crippen LogP contribution >= 0.6 is 23.2 Å². The lowest BCUT2D eigenvalue weighted by molar-refractivity contribution is -0.284. The highest BCUT2D eigenvalue weighted by Gasteiger charge is 2.32. The van der Waals surface area contributed by atoms with Gasteiger partial charge in [-0.15, -0.1) is 10.2 Å². The van der Waals surface area contributed by atoms with Gasteiger partial charge in [0.15, 0.2) is 18.6 Å². The van der Waals surface area contributed by atoms with Gasteiger partial charge < -0.3 is 9.84 Å². The number of nitrogens with zero attached hydrogens (tertiary/aromatic N) is 5. The fourth-order valence-corrected chi connectivity index (χ4v) is 3.00. The lowest BCUT2D eigenvalue weighted by Gasteiger charge is -2.37. The summed E-state index contributed by atoms with van der Waals surface area (Å²) in [4.78, 5) is 23.0. The molecule has 2 heterocycles. The summed E-state index contributed by atoms with van der Waals surface area (Å²) in [5.41, 5.74) is 1.18. The molecular weight excluding hydrogens is 425 g/mol. The quantitative estimate of drug-likeness (QED) is 0.656. The fraction of sp³-hybridized carbons (Fsp3) is 0.471. The fourth-order valence-electron chi connectivity index (χ4n) is 2.70. The van der Waals surface area contributed by atoms with Crippen LogP contribution in [0.3, 0.4) is 0 Å². The van der Waals surface area contributed by atoms with E-state index >= 15 is 0 Å². The van der Waals surface area contributed by atoms with E-state index in [-0.39, 0.29) is 31.1 Å². The van der Waals surface area contributed by atoms with Crippen LogP contribution in [0.1, 0.15) is 20.3 Å². The van der Waals surface area contributed by atoms with Crippen molar-refractivity contribution in [1.82, 2.24) is 20.1 Å². The van der Waals surface area contributed by atoms with Crippen LogP contribution in [0, 0.1) is 0 Å².